The number of hydrogen-bond donors (Lipinski definition) is 0. The van der Waals surface area contributed by atoms with Crippen molar-refractivity contribution >= 4 is 15.6 Å². The molecule has 6 heteroatoms. The van der Waals surface area contributed by atoms with Crippen molar-refractivity contribution in [3.05, 3.63) is 29.6 Å². The van der Waals surface area contributed by atoms with Crippen LogP contribution in [-0.2, 0) is 9.84 Å². The second-order valence-electron chi connectivity index (χ2n) is 6.14. The van der Waals surface area contributed by atoms with Crippen LogP contribution in [-0.4, -0.2) is 31.8 Å². The van der Waals surface area contributed by atoms with Crippen molar-refractivity contribution in [3.63, 3.8) is 0 Å². The van der Waals surface area contributed by atoms with E-state index in [4.69, 9.17) is 4.74 Å². The molecule has 1 aromatic carbocycles. The van der Waals surface area contributed by atoms with Crippen LogP contribution >= 0.6 is 0 Å². The summed E-state index contributed by atoms with van der Waals surface area (Å²) in [4.78, 5) is 12.7. The molecule has 3 rings (SSSR count). The minimum atomic E-state index is -3.08. The topological polar surface area (TPSA) is 60.4 Å². The van der Waals surface area contributed by atoms with Crippen molar-refractivity contribution in [2.45, 2.75) is 42.6 Å². The maximum absolute atomic E-state index is 13.3. The molecular weight excluding hydrogens is 307 g/mol. The van der Waals surface area contributed by atoms with Gasteiger partial charge in [-0.1, -0.05) is 6.42 Å². The Kier molecular flexibility index (Phi) is 3.97. The number of benzene rings is 1. The third-order valence-electron chi connectivity index (χ3n) is 4.88. The van der Waals surface area contributed by atoms with Gasteiger partial charge in [0.15, 0.2) is 15.6 Å². The van der Waals surface area contributed by atoms with Crippen LogP contribution < -0.4 is 4.74 Å². The predicted octanol–water partition coefficient (Wildman–Crippen LogP) is 2.76. The molecular formula is C16H19FO4S. The molecule has 2 heterocycles. The standard InChI is InChI=1S/C16H19FO4S/c1-21-15-9-11(17)5-6-14(15)16(18)10-7-12-3-2-4-13(8-10)22(12,19)20/h5-6,9-10,12-13H,2-4,7-8H2,1H3. The van der Waals surface area contributed by atoms with Crippen molar-refractivity contribution in [1.82, 2.24) is 0 Å². The Morgan fingerprint density at radius 1 is 1.23 bits per heavy atom. The summed E-state index contributed by atoms with van der Waals surface area (Å²) in [5.74, 6) is -0.707. The van der Waals surface area contributed by atoms with Crippen LogP contribution in [0.15, 0.2) is 18.2 Å². The van der Waals surface area contributed by atoms with Crippen molar-refractivity contribution in [1.29, 1.82) is 0 Å². The molecule has 0 aliphatic carbocycles. The first-order valence-corrected chi connectivity index (χ1v) is 9.15. The van der Waals surface area contributed by atoms with Crippen LogP contribution in [0.25, 0.3) is 0 Å². The van der Waals surface area contributed by atoms with E-state index in [1.165, 1.54) is 25.3 Å². The summed E-state index contributed by atoms with van der Waals surface area (Å²) in [5.41, 5.74) is 0.339. The smallest absolute Gasteiger partial charge is 0.169 e. The van der Waals surface area contributed by atoms with E-state index in [0.29, 0.717) is 31.2 Å². The summed E-state index contributed by atoms with van der Waals surface area (Å²) in [7, 11) is -1.69. The molecule has 22 heavy (non-hydrogen) atoms. The molecule has 0 N–H and O–H groups in total. The van der Waals surface area contributed by atoms with Crippen LogP contribution in [0.3, 0.4) is 0 Å². The third kappa shape index (κ3) is 2.53. The maximum Gasteiger partial charge on any atom is 0.169 e. The summed E-state index contributed by atoms with van der Waals surface area (Å²) in [6.07, 6.45) is 2.94. The van der Waals surface area contributed by atoms with Crippen LogP contribution in [0, 0.1) is 11.7 Å². The summed E-state index contributed by atoms with van der Waals surface area (Å²) < 4.78 is 42.9. The minimum Gasteiger partial charge on any atom is -0.496 e. The summed E-state index contributed by atoms with van der Waals surface area (Å²) in [5, 5.41) is -0.805. The average Bonchev–Trinajstić information content (AvgIpc) is 2.45. The molecule has 120 valence electrons. The Balaban J connectivity index is 1.88. The predicted molar refractivity (Wildman–Crippen MR) is 80.4 cm³/mol. The summed E-state index contributed by atoms with van der Waals surface area (Å²) >= 11 is 0. The molecule has 2 fully saturated rings. The van der Waals surface area contributed by atoms with Gasteiger partial charge in [-0.15, -0.1) is 0 Å². The van der Waals surface area contributed by atoms with Gasteiger partial charge in [-0.2, -0.15) is 0 Å². The zero-order valence-electron chi connectivity index (χ0n) is 12.4. The Bertz CT molecular complexity index is 678. The highest BCUT2D eigenvalue weighted by atomic mass is 32.2. The second kappa shape index (κ2) is 5.65. The van der Waals surface area contributed by atoms with E-state index in [2.05, 4.69) is 0 Å². The Morgan fingerprint density at radius 3 is 2.45 bits per heavy atom. The molecule has 2 aliphatic heterocycles. The third-order valence-corrected chi connectivity index (χ3v) is 7.59. The Hall–Kier alpha value is -1.43. The largest absolute Gasteiger partial charge is 0.496 e. The molecule has 2 aliphatic rings. The fourth-order valence-electron chi connectivity index (χ4n) is 3.71. The van der Waals surface area contributed by atoms with E-state index in [9.17, 15) is 17.6 Å². The lowest BCUT2D eigenvalue weighted by Gasteiger charge is -2.38. The van der Waals surface area contributed by atoms with E-state index in [0.717, 1.165) is 6.42 Å². The van der Waals surface area contributed by atoms with Gasteiger partial charge in [0.1, 0.15) is 11.6 Å². The number of ketones is 1. The minimum absolute atomic E-state index is 0.136. The number of Topliss-reactive ketones (excluding diaryl/α,β-unsaturated/α-hetero) is 1. The number of sulfone groups is 1. The zero-order valence-corrected chi connectivity index (χ0v) is 13.2. The van der Waals surface area contributed by atoms with E-state index in [1.54, 1.807) is 0 Å². The van der Waals surface area contributed by atoms with Gasteiger partial charge in [0, 0.05) is 12.0 Å². The lowest BCUT2D eigenvalue weighted by Crippen LogP contribution is -2.45. The van der Waals surface area contributed by atoms with E-state index in [-0.39, 0.29) is 17.5 Å². The summed E-state index contributed by atoms with van der Waals surface area (Å²) in [6.45, 7) is 0. The first kappa shape index (κ1) is 15.5. The number of halogens is 1. The van der Waals surface area contributed by atoms with Gasteiger partial charge >= 0.3 is 0 Å². The van der Waals surface area contributed by atoms with Gasteiger partial charge in [-0.05, 0) is 37.8 Å². The first-order valence-electron chi connectivity index (χ1n) is 7.54. The van der Waals surface area contributed by atoms with Crippen molar-refractivity contribution < 1.29 is 22.3 Å². The second-order valence-corrected chi connectivity index (χ2v) is 8.65. The molecule has 0 spiro atoms. The first-order chi connectivity index (χ1) is 10.4. The monoisotopic (exact) mass is 326 g/mol. The van der Waals surface area contributed by atoms with Crippen LogP contribution in [0.1, 0.15) is 42.5 Å². The van der Waals surface area contributed by atoms with Crippen molar-refractivity contribution in [3.8, 4) is 5.75 Å². The molecule has 0 radical (unpaired) electrons. The molecule has 1 aromatic rings. The molecule has 0 amide bonds. The Labute approximate surface area is 129 Å². The fourth-order valence-corrected chi connectivity index (χ4v) is 6.25. The number of rotatable bonds is 3. The van der Waals surface area contributed by atoms with Crippen LogP contribution in [0.5, 0.6) is 5.75 Å². The lowest BCUT2D eigenvalue weighted by atomic mass is 9.84. The van der Waals surface area contributed by atoms with Crippen molar-refractivity contribution in [2.24, 2.45) is 5.92 Å². The molecule has 0 saturated carbocycles. The number of carbonyl (C=O) groups is 1. The fraction of sp³-hybridized carbons (Fsp3) is 0.562. The van der Waals surface area contributed by atoms with Gasteiger partial charge in [0.2, 0.25) is 0 Å². The normalized spacial score (nSPS) is 29.8. The zero-order chi connectivity index (χ0) is 15.9. The maximum atomic E-state index is 13.3. The molecule has 0 aromatic heterocycles. The van der Waals surface area contributed by atoms with E-state index >= 15 is 0 Å². The van der Waals surface area contributed by atoms with Gasteiger partial charge in [-0.3, -0.25) is 4.79 Å². The van der Waals surface area contributed by atoms with Gasteiger partial charge in [0.05, 0.1) is 23.2 Å². The van der Waals surface area contributed by atoms with E-state index < -0.39 is 26.2 Å². The SMILES string of the molecule is COc1cc(F)ccc1C(=O)C1CC2CCCC(C1)S2(=O)=O. The van der Waals surface area contributed by atoms with Gasteiger partial charge in [0.25, 0.3) is 0 Å². The molecule has 2 saturated heterocycles. The molecule has 2 atom stereocenters. The number of hydrogen-bond acceptors (Lipinski definition) is 4. The number of ether oxygens (including phenoxy) is 1. The van der Waals surface area contributed by atoms with Crippen molar-refractivity contribution in [2.75, 3.05) is 7.11 Å². The highest BCUT2D eigenvalue weighted by molar-refractivity contribution is 7.92. The number of carbonyl (C=O) groups excluding carboxylic acids is 1. The number of methoxy groups -OCH3 is 1. The lowest BCUT2D eigenvalue weighted by molar-refractivity contribution is 0.0891. The summed E-state index contributed by atoms with van der Waals surface area (Å²) in [6, 6.07) is 3.85. The highest BCUT2D eigenvalue weighted by Gasteiger charge is 2.46. The van der Waals surface area contributed by atoms with Gasteiger partial charge in [-0.25, -0.2) is 12.8 Å². The highest BCUT2D eigenvalue weighted by Crippen LogP contribution is 2.41. The van der Waals surface area contributed by atoms with E-state index in [1.807, 2.05) is 0 Å². The average molecular weight is 326 g/mol. The van der Waals surface area contributed by atoms with Crippen LogP contribution in [0.2, 0.25) is 0 Å². The number of fused-ring (bicyclic) bond motifs is 2. The Morgan fingerprint density at radius 2 is 1.86 bits per heavy atom. The van der Waals surface area contributed by atoms with Gasteiger partial charge < -0.3 is 4.74 Å². The molecule has 4 nitrogen and oxygen atoms in total. The molecule has 2 unspecified atom stereocenters. The van der Waals surface area contributed by atoms with Crippen LogP contribution in [0.4, 0.5) is 4.39 Å². The quantitative estimate of drug-likeness (QED) is 0.801. The molecule has 2 bridgehead atoms.